The van der Waals surface area contributed by atoms with E-state index >= 15 is 0 Å². The van der Waals surface area contributed by atoms with Crippen LogP contribution in [0.1, 0.15) is 51.3 Å². The van der Waals surface area contributed by atoms with E-state index in [1.165, 1.54) is 0 Å². The first-order valence-corrected chi connectivity index (χ1v) is 7.54. The molecular formula is C14H25N5O. The number of nitrogens with zero attached hydrogens (tertiary/aromatic N) is 3. The second-order valence-electron chi connectivity index (χ2n) is 6.73. The summed E-state index contributed by atoms with van der Waals surface area (Å²) in [6.45, 7) is 6.82. The lowest BCUT2D eigenvalue weighted by molar-refractivity contribution is -0.112. The van der Waals surface area contributed by atoms with Crippen LogP contribution in [0.2, 0.25) is 0 Å². The maximum absolute atomic E-state index is 6.11. The Hall–Kier alpha value is -0.980. The van der Waals surface area contributed by atoms with Gasteiger partial charge in [-0.1, -0.05) is 5.21 Å². The van der Waals surface area contributed by atoms with Gasteiger partial charge in [0.2, 0.25) is 0 Å². The zero-order chi connectivity index (χ0) is 14.2. The molecule has 2 fully saturated rings. The molecule has 0 amide bonds. The van der Waals surface area contributed by atoms with Crippen molar-refractivity contribution in [2.45, 2.75) is 56.7 Å². The molecule has 20 heavy (non-hydrogen) atoms. The van der Waals surface area contributed by atoms with Gasteiger partial charge < -0.3 is 15.8 Å². The first kappa shape index (κ1) is 14.0. The van der Waals surface area contributed by atoms with Crippen molar-refractivity contribution in [3.05, 3.63) is 11.9 Å². The Bertz CT molecular complexity index is 453. The van der Waals surface area contributed by atoms with Crippen LogP contribution < -0.4 is 11.1 Å². The van der Waals surface area contributed by atoms with E-state index in [1.807, 2.05) is 24.7 Å². The molecule has 2 aliphatic heterocycles. The molecule has 0 aromatic carbocycles. The van der Waals surface area contributed by atoms with Crippen LogP contribution in [0.3, 0.4) is 0 Å². The predicted octanol–water partition coefficient (Wildman–Crippen LogP) is 0.946. The van der Waals surface area contributed by atoms with E-state index in [9.17, 15) is 0 Å². The lowest BCUT2D eigenvalue weighted by Crippen LogP contribution is -2.48. The fraction of sp³-hybridized carbons (Fsp3) is 0.857. The van der Waals surface area contributed by atoms with E-state index in [2.05, 4.69) is 15.6 Å². The molecule has 6 nitrogen and oxygen atoms in total. The molecule has 3 heterocycles. The van der Waals surface area contributed by atoms with Crippen LogP contribution in [0.5, 0.6) is 0 Å². The van der Waals surface area contributed by atoms with Gasteiger partial charge in [0.1, 0.15) is 5.69 Å². The number of nitrogens with two attached hydrogens (primary N) is 1. The largest absolute Gasteiger partial charge is 0.375 e. The summed E-state index contributed by atoms with van der Waals surface area (Å²) in [7, 11) is 0. The Balaban J connectivity index is 1.75. The molecule has 112 valence electrons. The van der Waals surface area contributed by atoms with Gasteiger partial charge in [0, 0.05) is 6.61 Å². The highest BCUT2D eigenvalue weighted by Gasteiger charge is 2.39. The van der Waals surface area contributed by atoms with Crippen molar-refractivity contribution in [3.63, 3.8) is 0 Å². The Morgan fingerprint density at radius 1 is 1.45 bits per heavy atom. The van der Waals surface area contributed by atoms with E-state index in [1.54, 1.807) is 0 Å². The van der Waals surface area contributed by atoms with Gasteiger partial charge in [-0.3, -0.25) is 0 Å². The average Bonchev–Trinajstić information content (AvgIpc) is 2.89. The van der Waals surface area contributed by atoms with Crippen molar-refractivity contribution in [2.24, 2.45) is 5.73 Å². The summed E-state index contributed by atoms with van der Waals surface area (Å²) in [6, 6.07) is 0.380. The highest BCUT2D eigenvalue weighted by Crippen LogP contribution is 2.38. The Labute approximate surface area is 120 Å². The zero-order valence-corrected chi connectivity index (χ0v) is 12.4. The Kier molecular flexibility index (Phi) is 3.56. The van der Waals surface area contributed by atoms with Gasteiger partial charge in [0.15, 0.2) is 0 Å². The minimum atomic E-state index is -0.435. The molecule has 1 spiro atoms. The van der Waals surface area contributed by atoms with Crippen LogP contribution in [0, 0.1) is 0 Å². The van der Waals surface area contributed by atoms with Crippen molar-refractivity contribution in [3.8, 4) is 0 Å². The number of piperidine rings is 1. The minimum absolute atomic E-state index is 0.0402. The normalized spacial score (nSPS) is 26.9. The zero-order valence-electron chi connectivity index (χ0n) is 12.4. The van der Waals surface area contributed by atoms with Crippen molar-refractivity contribution in [1.82, 2.24) is 20.3 Å². The number of rotatable bonds is 2. The number of hydrogen-bond acceptors (Lipinski definition) is 5. The molecule has 1 atom stereocenters. The summed E-state index contributed by atoms with van der Waals surface area (Å²) < 4.78 is 8.10. The highest BCUT2D eigenvalue weighted by molar-refractivity contribution is 5.06. The van der Waals surface area contributed by atoms with E-state index in [0.717, 1.165) is 51.1 Å². The third kappa shape index (κ3) is 2.73. The van der Waals surface area contributed by atoms with Crippen molar-refractivity contribution in [1.29, 1.82) is 0 Å². The fourth-order valence-corrected chi connectivity index (χ4v) is 3.21. The summed E-state index contributed by atoms with van der Waals surface area (Å²) in [4.78, 5) is 0. The summed E-state index contributed by atoms with van der Waals surface area (Å²) >= 11 is 0. The van der Waals surface area contributed by atoms with E-state index < -0.39 is 5.54 Å². The molecule has 2 saturated heterocycles. The molecule has 0 aliphatic carbocycles. The maximum atomic E-state index is 6.11. The molecule has 3 rings (SSSR count). The van der Waals surface area contributed by atoms with E-state index in [4.69, 9.17) is 10.5 Å². The van der Waals surface area contributed by atoms with Crippen LogP contribution in [0.4, 0.5) is 0 Å². The molecule has 0 bridgehead atoms. The van der Waals surface area contributed by atoms with Crippen LogP contribution in [0.25, 0.3) is 0 Å². The molecule has 1 aromatic rings. The van der Waals surface area contributed by atoms with Crippen LogP contribution in [-0.4, -0.2) is 40.3 Å². The molecule has 2 aliphatic rings. The van der Waals surface area contributed by atoms with Gasteiger partial charge >= 0.3 is 0 Å². The Morgan fingerprint density at radius 3 is 2.85 bits per heavy atom. The number of hydrogen-bond donors (Lipinski definition) is 2. The summed E-state index contributed by atoms with van der Waals surface area (Å²) in [5.41, 5.74) is 6.54. The lowest BCUT2D eigenvalue weighted by atomic mass is 9.83. The topological polar surface area (TPSA) is 78.0 Å². The molecule has 1 unspecified atom stereocenters. The summed E-state index contributed by atoms with van der Waals surface area (Å²) in [6.07, 6.45) is 6.22. The van der Waals surface area contributed by atoms with E-state index in [-0.39, 0.29) is 5.60 Å². The van der Waals surface area contributed by atoms with Gasteiger partial charge in [-0.25, -0.2) is 4.68 Å². The molecule has 3 N–H and O–H groups in total. The van der Waals surface area contributed by atoms with Gasteiger partial charge in [-0.15, -0.1) is 5.10 Å². The average molecular weight is 279 g/mol. The summed E-state index contributed by atoms with van der Waals surface area (Å²) in [5.74, 6) is 0. The predicted molar refractivity (Wildman–Crippen MR) is 76.3 cm³/mol. The van der Waals surface area contributed by atoms with Crippen LogP contribution in [-0.2, 0) is 10.3 Å². The van der Waals surface area contributed by atoms with Gasteiger partial charge in [-0.2, -0.15) is 0 Å². The van der Waals surface area contributed by atoms with Crippen LogP contribution >= 0.6 is 0 Å². The van der Waals surface area contributed by atoms with E-state index in [0.29, 0.717) is 6.04 Å². The first-order chi connectivity index (χ1) is 9.49. The third-order valence-corrected chi connectivity index (χ3v) is 4.53. The van der Waals surface area contributed by atoms with Crippen molar-refractivity contribution in [2.75, 3.05) is 19.7 Å². The van der Waals surface area contributed by atoms with Gasteiger partial charge in [0.05, 0.1) is 23.4 Å². The Morgan fingerprint density at radius 2 is 2.20 bits per heavy atom. The highest BCUT2D eigenvalue weighted by atomic mass is 16.5. The number of nitrogens with one attached hydrogen (secondary N) is 1. The molecule has 0 saturated carbocycles. The van der Waals surface area contributed by atoms with Gasteiger partial charge in [-0.05, 0) is 52.6 Å². The lowest BCUT2D eigenvalue weighted by Gasteiger charge is -2.43. The smallest absolute Gasteiger partial charge is 0.102 e. The number of aromatic nitrogens is 3. The van der Waals surface area contributed by atoms with Crippen molar-refractivity contribution < 1.29 is 4.74 Å². The van der Waals surface area contributed by atoms with Crippen molar-refractivity contribution >= 4 is 0 Å². The SMILES string of the molecule is CC(C)(N)c1cn(C2CCOC3(CCNCC3)C2)nn1. The van der Waals surface area contributed by atoms with Crippen LogP contribution in [0.15, 0.2) is 6.20 Å². The first-order valence-electron chi connectivity index (χ1n) is 7.54. The maximum Gasteiger partial charge on any atom is 0.102 e. The van der Waals surface area contributed by atoms with Gasteiger partial charge in [0.25, 0.3) is 0 Å². The second-order valence-corrected chi connectivity index (χ2v) is 6.73. The third-order valence-electron chi connectivity index (χ3n) is 4.53. The minimum Gasteiger partial charge on any atom is -0.375 e. The molecule has 0 radical (unpaired) electrons. The second kappa shape index (κ2) is 5.09. The summed E-state index contributed by atoms with van der Waals surface area (Å²) in [5, 5.41) is 11.9. The standard InChI is InChI=1S/C14H25N5O/c1-13(2,15)12-10-19(18-17-12)11-3-8-20-14(9-11)4-6-16-7-5-14/h10-11,16H,3-9,15H2,1-2H3. The number of ether oxygens (including phenoxy) is 1. The fourth-order valence-electron chi connectivity index (χ4n) is 3.21. The quantitative estimate of drug-likeness (QED) is 0.842. The molecule has 1 aromatic heterocycles. The molecule has 6 heteroatoms. The monoisotopic (exact) mass is 279 g/mol. The molecular weight excluding hydrogens is 254 g/mol.